The maximum absolute atomic E-state index is 13.1. The lowest BCUT2D eigenvalue weighted by molar-refractivity contribution is -0.157. The molecule has 0 bridgehead atoms. The van der Waals surface area contributed by atoms with Crippen LogP contribution in [-0.4, -0.2) is 18.2 Å². The molecule has 3 rings (SSSR count). The highest BCUT2D eigenvalue weighted by Crippen LogP contribution is 2.38. The molecule has 3 aromatic rings. The summed E-state index contributed by atoms with van der Waals surface area (Å²) in [6.45, 7) is 8.39. The van der Waals surface area contributed by atoms with E-state index in [1.54, 1.807) is 46.8 Å². The van der Waals surface area contributed by atoms with Gasteiger partial charge in [-0.1, -0.05) is 0 Å². The van der Waals surface area contributed by atoms with Crippen molar-refractivity contribution < 1.29 is 40.6 Å². The first-order valence-electron chi connectivity index (χ1n) is 11.5. The van der Waals surface area contributed by atoms with Crippen LogP contribution in [-0.2, 0) is 32.8 Å². The molecule has 0 saturated carbocycles. The first-order chi connectivity index (χ1) is 17.5. The Morgan fingerprint density at radius 2 is 1.11 bits per heavy atom. The third kappa shape index (κ3) is 7.46. The summed E-state index contributed by atoms with van der Waals surface area (Å²) in [4.78, 5) is 13.8. The zero-order valence-corrected chi connectivity index (χ0v) is 22.2. The molecule has 0 aromatic heterocycles. The van der Waals surface area contributed by atoms with Crippen LogP contribution in [0.1, 0.15) is 43.0 Å². The van der Waals surface area contributed by atoms with E-state index in [1.807, 2.05) is 0 Å². The Labute approximate surface area is 220 Å². The Morgan fingerprint density at radius 1 is 0.711 bits per heavy atom. The van der Waals surface area contributed by atoms with Crippen LogP contribution in [0.2, 0.25) is 0 Å². The normalized spacial score (nSPS) is 12.5. The zero-order chi connectivity index (χ0) is 28.5. The molecule has 3 aromatic carbocycles. The van der Waals surface area contributed by atoms with Crippen molar-refractivity contribution in [2.75, 3.05) is 6.61 Å². The first-order valence-corrected chi connectivity index (χ1v) is 12.7. The maximum atomic E-state index is 13.1. The van der Waals surface area contributed by atoms with Crippen molar-refractivity contribution in [3.63, 3.8) is 0 Å². The summed E-state index contributed by atoms with van der Waals surface area (Å²) < 4.78 is 89.8. The smallest absolute Gasteiger partial charge is 0.416 e. The summed E-state index contributed by atoms with van der Waals surface area (Å²) in [6, 6.07) is 12.7. The van der Waals surface area contributed by atoms with Crippen LogP contribution in [0.3, 0.4) is 0 Å². The van der Waals surface area contributed by atoms with E-state index in [0.29, 0.717) is 31.6 Å². The molecule has 38 heavy (non-hydrogen) atoms. The molecule has 0 amide bonds. The van der Waals surface area contributed by atoms with Gasteiger partial charge in [0.1, 0.15) is 11.4 Å². The minimum Gasteiger partial charge on any atom is -0.481 e. The first kappa shape index (κ1) is 29.4. The predicted octanol–water partition coefficient (Wildman–Crippen LogP) is 8.16. The number of carbonyl (C=O) groups excluding carboxylic acids is 1. The Kier molecular flexibility index (Phi) is 8.45. The molecule has 0 unspecified atom stereocenters. The van der Waals surface area contributed by atoms with Crippen LogP contribution >= 0.6 is 0 Å². The molecule has 0 aliphatic heterocycles. The molecule has 0 spiro atoms. The second-order valence-corrected chi connectivity index (χ2v) is 11.6. The van der Waals surface area contributed by atoms with Crippen molar-refractivity contribution >= 4 is 16.9 Å². The molecule has 0 aliphatic rings. The van der Waals surface area contributed by atoms with Crippen molar-refractivity contribution in [3.05, 3.63) is 82.9 Å². The number of halogens is 6. The lowest BCUT2D eigenvalue weighted by Gasteiger charge is -2.20. The van der Waals surface area contributed by atoms with Crippen LogP contribution < -0.4 is 4.74 Å². The number of ether oxygens (including phenoxy) is 2. The van der Waals surface area contributed by atoms with Crippen LogP contribution in [0.5, 0.6) is 5.75 Å². The average molecular weight is 558 g/mol. The number of hydrogen-bond acceptors (Lipinski definition) is 3. The predicted molar refractivity (Wildman–Crippen MR) is 132 cm³/mol. The van der Waals surface area contributed by atoms with E-state index in [1.165, 1.54) is 24.3 Å². The fraction of sp³-hybridized carbons (Fsp3) is 0.321. The van der Waals surface area contributed by atoms with Gasteiger partial charge in [0.2, 0.25) is 0 Å². The SMILES string of the molecule is Cc1cc([S+](c2ccc(C(F)(F)F)cc2)c2ccc(C(F)(F)F)cc2)cc(C)c1OCC(=O)OC(C)(C)C. The van der Waals surface area contributed by atoms with Gasteiger partial charge in [-0.2, -0.15) is 26.3 Å². The molecule has 0 heterocycles. The monoisotopic (exact) mass is 557 g/mol. The Balaban J connectivity index is 2.02. The Morgan fingerprint density at radius 3 is 1.45 bits per heavy atom. The zero-order valence-electron chi connectivity index (χ0n) is 21.4. The number of rotatable bonds is 6. The molecule has 0 aliphatic carbocycles. The van der Waals surface area contributed by atoms with Gasteiger partial charge in [-0.15, -0.1) is 0 Å². The van der Waals surface area contributed by atoms with E-state index in [0.717, 1.165) is 24.3 Å². The fourth-order valence-electron chi connectivity index (χ4n) is 3.73. The number of alkyl halides is 6. The highest BCUT2D eigenvalue weighted by Gasteiger charge is 2.35. The molecular formula is C28H27F6O3S+. The van der Waals surface area contributed by atoms with Gasteiger partial charge in [-0.25, -0.2) is 4.79 Å². The second kappa shape index (κ2) is 10.9. The summed E-state index contributed by atoms with van der Waals surface area (Å²) in [5.74, 6) is -0.0994. The lowest BCUT2D eigenvalue weighted by Crippen LogP contribution is -2.27. The fourth-order valence-corrected chi connectivity index (χ4v) is 5.95. The van der Waals surface area contributed by atoms with Gasteiger partial charge in [0.25, 0.3) is 0 Å². The van der Waals surface area contributed by atoms with E-state index in [-0.39, 0.29) is 6.61 Å². The van der Waals surface area contributed by atoms with E-state index < -0.39 is 45.9 Å². The van der Waals surface area contributed by atoms with Gasteiger partial charge in [-0.3, -0.25) is 0 Å². The third-order valence-electron chi connectivity index (χ3n) is 5.26. The van der Waals surface area contributed by atoms with Crippen LogP contribution in [0, 0.1) is 13.8 Å². The molecular weight excluding hydrogens is 530 g/mol. The van der Waals surface area contributed by atoms with Crippen molar-refractivity contribution in [2.45, 2.75) is 67.3 Å². The molecule has 10 heteroatoms. The van der Waals surface area contributed by atoms with Crippen molar-refractivity contribution in [2.24, 2.45) is 0 Å². The highest BCUT2D eigenvalue weighted by molar-refractivity contribution is 7.97. The third-order valence-corrected chi connectivity index (χ3v) is 7.45. The van der Waals surface area contributed by atoms with Gasteiger partial charge in [0.15, 0.2) is 21.3 Å². The van der Waals surface area contributed by atoms with E-state index in [2.05, 4.69) is 0 Å². The molecule has 0 atom stereocenters. The van der Waals surface area contributed by atoms with Crippen molar-refractivity contribution in [1.29, 1.82) is 0 Å². The van der Waals surface area contributed by atoms with Gasteiger partial charge >= 0.3 is 18.3 Å². The van der Waals surface area contributed by atoms with Crippen molar-refractivity contribution in [1.82, 2.24) is 0 Å². The minimum atomic E-state index is -4.52. The highest BCUT2D eigenvalue weighted by atomic mass is 32.2. The van der Waals surface area contributed by atoms with E-state index in [9.17, 15) is 31.1 Å². The van der Waals surface area contributed by atoms with Crippen LogP contribution in [0.25, 0.3) is 0 Å². The molecule has 0 fully saturated rings. The van der Waals surface area contributed by atoms with E-state index >= 15 is 0 Å². The molecule has 0 N–H and O–H groups in total. The number of carbonyl (C=O) groups is 1. The molecule has 204 valence electrons. The summed E-state index contributed by atoms with van der Waals surface area (Å²) in [7, 11) is -1.02. The standard InChI is InChI=1S/C28H27F6O3S/c1-17-14-23(15-18(2)25(17)36-16-24(35)37-26(3,4)5)38(21-10-6-19(7-11-21)27(29,30)31)22-12-8-20(9-13-22)28(32,33)34/h6-15H,16H2,1-5H3/q+1. The van der Waals surface area contributed by atoms with Crippen LogP contribution in [0.4, 0.5) is 26.3 Å². The largest absolute Gasteiger partial charge is 0.481 e. The molecule has 0 radical (unpaired) electrons. The summed E-state index contributed by atoms with van der Waals surface area (Å²) in [6.07, 6.45) is -9.04. The van der Waals surface area contributed by atoms with Gasteiger partial charge < -0.3 is 9.47 Å². The molecule has 3 nitrogen and oxygen atoms in total. The quantitative estimate of drug-likeness (QED) is 0.174. The number of hydrogen-bond donors (Lipinski definition) is 0. The Bertz CT molecular complexity index is 1190. The van der Waals surface area contributed by atoms with Gasteiger partial charge in [0, 0.05) is 12.1 Å². The van der Waals surface area contributed by atoms with Crippen molar-refractivity contribution in [3.8, 4) is 5.75 Å². The lowest BCUT2D eigenvalue weighted by atomic mass is 10.1. The van der Waals surface area contributed by atoms with Gasteiger partial charge in [-0.05, 0) is 94.3 Å². The van der Waals surface area contributed by atoms with E-state index in [4.69, 9.17) is 9.47 Å². The topological polar surface area (TPSA) is 35.5 Å². The summed E-state index contributed by atoms with van der Waals surface area (Å²) in [5, 5.41) is 0. The average Bonchev–Trinajstić information content (AvgIpc) is 2.77. The Hall–Kier alpha value is -3.14. The number of aryl methyl sites for hydroxylation is 2. The molecule has 0 saturated heterocycles. The maximum Gasteiger partial charge on any atom is 0.416 e. The second-order valence-electron chi connectivity index (χ2n) is 9.61. The number of esters is 1. The minimum absolute atomic E-state index is 0.318. The summed E-state index contributed by atoms with van der Waals surface area (Å²) in [5.41, 5.74) is -1.02. The number of benzene rings is 3. The van der Waals surface area contributed by atoms with Gasteiger partial charge in [0.05, 0.1) is 22.0 Å². The summed E-state index contributed by atoms with van der Waals surface area (Å²) >= 11 is 0. The van der Waals surface area contributed by atoms with Crippen LogP contribution in [0.15, 0.2) is 75.4 Å².